The quantitative estimate of drug-likeness (QED) is 0.705. The van der Waals surface area contributed by atoms with E-state index in [9.17, 15) is 13.2 Å². The molecule has 1 unspecified atom stereocenters. The number of hydrogen-bond donors (Lipinski definition) is 1. The van der Waals surface area contributed by atoms with Crippen molar-refractivity contribution >= 4 is 16.0 Å². The minimum atomic E-state index is -3.57. The van der Waals surface area contributed by atoms with E-state index >= 15 is 0 Å². The van der Waals surface area contributed by atoms with Crippen LogP contribution in [0.1, 0.15) is 19.8 Å². The molecule has 1 rings (SSSR count). The van der Waals surface area contributed by atoms with Crippen LogP contribution in [0.2, 0.25) is 0 Å². The first-order chi connectivity index (χ1) is 8.43. The second kappa shape index (κ2) is 6.49. The Balaban J connectivity index is 2.63. The van der Waals surface area contributed by atoms with Crippen LogP contribution >= 0.6 is 0 Å². The molecular formula is C11H22N2O4S. The van der Waals surface area contributed by atoms with Gasteiger partial charge in [0.15, 0.2) is 5.25 Å². The molecule has 0 aromatic heterocycles. The molecule has 1 heterocycles. The molecule has 106 valence electrons. The molecule has 1 fully saturated rings. The minimum Gasteiger partial charge on any atom is -0.468 e. The van der Waals surface area contributed by atoms with E-state index in [-0.39, 0.29) is 0 Å². The van der Waals surface area contributed by atoms with Gasteiger partial charge in [0.1, 0.15) is 0 Å². The first kappa shape index (κ1) is 15.4. The number of hydrogen-bond acceptors (Lipinski definition) is 5. The average Bonchev–Trinajstić information content (AvgIpc) is 2.38. The lowest BCUT2D eigenvalue weighted by molar-refractivity contribution is -0.139. The molecule has 0 saturated carbocycles. The predicted molar refractivity (Wildman–Crippen MR) is 68.6 cm³/mol. The van der Waals surface area contributed by atoms with Crippen LogP contribution in [0.15, 0.2) is 0 Å². The highest BCUT2D eigenvalue weighted by molar-refractivity contribution is 7.90. The van der Waals surface area contributed by atoms with Gasteiger partial charge in [0.05, 0.1) is 7.11 Å². The molecule has 1 atom stereocenters. The van der Waals surface area contributed by atoms with E-state index in [1.807, 2.05) is 7.05 Å². The van der Waals surface area contributed by atoms with Gasteiger partial charge in [-0.1, -0.05) is 0 Å². The molecule has 0 aromatic rings. The summed E-state index contributed by atoms with van der Waals surface area (Å²) in [7, 11) is -0.480. The Bertz CT molecular complexity index is 375. The number of nitrogens with one attached hydrogen (secondary N) is 1. The van der Waals surface area contributed by atoms with Crippen LogP contribution < -0.4 is 5.32 Å². The molecule has 0 aromatic carbocycles. The van der Waals surface area contributed by atoms with Crippen LogP contribution in [-0.2, 0) is 19.6 Å². The molecule has 6 nitrogen and oxygen atoms in total. The van der Waals surface area contributed by atoms with Gasteiger partial charge in [-0.15, -0.1) is 0 Å². The standard InChI is InChI=1S/C11H22N2O4S/c1-9(11(14)17-3)18(15,16)13-6-4-10(5-7-13)8-12-2/h9-10,12H,4-8H2,1-3H3. The van der Waals surface area contributed by atoms with E-state index in [1.165, 1.54) is 18.3 Å². The first-order valence-corrected chi connectivity index (χ1v) is 7.65. The fourth-order valence-corrected chi connectivity index (χ4v) is 3.67. The minimum absolute atomic E-state index is 0.482. The van der Waals surface area contributed by atoms with Crippen LogP contribution in [0.4, 0.5) is 0 Å². The molecule has 7 heteroatoms. The van der Waals surface area contributed by atoms with Crippen LogP contribution in [-0.4, -0.2) is 57.7 Å². The Labute approximate surface area is 109 Å². The maximum absolute atomic E-state index is 12.2. The molecular weight excluding hydrogens is 256 g/mol. The van der Waals surface area contributed by atoms with Crippen molar-refractivity contribution in [2.45, 2.75) is 25.0 Å². The van der Waals surface area contributed by atoms with Gasteiger partial charge in [0, 0.05) is 13.1 Å². The topological polar surface area (TPSA) is 75.7 Å². The van der Waals surface area contributed by atoms with Crippen molar-refractivity contribution in [1.29, 1.82) is 0 Å². The van der Waals surface area contributed by atoms with E-state index in [0.29, 0.717) is 19.0 Å². The van der Waals surface area contributed by atoms with Crippen LogP contribution in [0.5, 0.6) is 0 Å². The number of piperidine rings is 1. The molecule has 0 bridgehead atoms. The maximum atomic E-state index is 12.2. The fraction of sp³-hybridized carbons (Fsp3) is 0.909. The van der Waals surface area contributed by atoms with E-state index in [4.69, 9.17) is 0 Å². The number of ether oxygens (including phenoxy) is 1. The lowest BCUT2D eigenvalue weighted by Gasteiger charge is -2.32. The number of carbonyl (C=O) groups is 1. The van der Waals surface area contributed by atoms with Gasteiger partial charge in [-0.3, -0.25) is 4.79 Å². The van der Waals surface area contributed by atoms with Crippen LogP contribution in [0.25, 0.3) is 0 Å². The summed E-state index contributed by atoms with van der Waals surface area (Å²) in [6, 6.07) is 0. The number of nitrogens with zero attached hydrogens (tertiary/aromatic N) is 1. The molecule has 1 saturated heterocycles. The number of rotatable bonds is 5. The molecule has 1 aliphatic heterocycles. The second-order valence-corrected chi connectivity index (χ2v) is 6.86. The third-order valence-corrected chi connectivity index (χ3v) is 5.58. The predicted octanol–water partition coefficient (Wildman–Crippen LogP) is -0.191. The SMILES string of the molecule is CNCC1CCN(S(=O)(=O)C(C)C(=O)OC)CC1. The summed E-state index contributed by atoms with van der Waals surface area (Å²) < 4.78 is 30.2. The summed E-state index contributed by atoms with van der Waals surface area (Å²) in [5.41, 5.74) is 0. The van der Waals surface area contributed by atoms with Gasteiger partial charge in [0.25, 0.3) is 0 Å². The van der Waals surface area contributed by atoms with Crippen molar-refractivity contribution in [1.82, 2.24) is 9.62 Å². The highest BCUT2D eigenvalue weighted by atomic mass is 32.2. The van der Waals surface area contributed by atoms with E-state index < -0.39 is 21.2 Å². The van der Waals surface area contributed by atoms with Crippen LogP contribution in [0, 0.1) is 5.92 Å². The highest BCUT2D eigenvalue weighted by Gasteiger charge is 2.36. The summed E-state index contributed by atoms with van der Waals surface area (Å²) >= 11 is 0. The van der Waals surface area contributed by atoms with E-state index in [1.54, 1.807) is 0 Å². The second-order valence-electron chi connectivity index (χ2n) is 4.61. The Morgan fingerprint density at radius 3 is 2.44 bits per heavy atom. The Morgan fingerprint density at radius 1 is 1.44 bits per heavy atom. The zero-order valence-corrected chi connectivity index (χ0v) is 12.0. The van der Waals surface area contributed by atoms with Gasteiger partial charge < -0.3 is 10.1 Å². The molecule has 0 spiro atoms. The van der Waals surface area contributed by atoms with Crippen molar-refractivity contribution in [2.24, 2.45) is 5.92 Å². The molecule has 0 aliphatic carbocycles. The van der Waals surface area contributed by atoms with Gasteiger partial charge in [-0.25, -0.2) is 12.7 Å². The van der Waals surface area contributed by atoms with Gasteiger partial charge >= 0.3 is 5.97 Å². The maximum Gasteiger partial charge on any atom is 0.325 e. The molecule has 1 aliphatic rings. The summed E-state index contributed by atoms with van der Waals surface area (Å²) in [5.74, 6) is -0.192. The zero-order chi connectivity index (χ0) is 13.8. The lowest BCUT2D eigenvalue weighted by atomic mass is 9.98. The zero-order valence-electron chi connectivity index (χ0n) is 11.2. The number of methoxy groups -OCH3 is 1. The number of sulfonamides is 1. The van der Waals surface area contributed by atoms with Crippen molar-refractivity contribution in [3.05, 3.63) is 0 Å². The number of carbonyl (C=O) groups excluding carboxylic acids is 1. The lowest BCUT2D eigenvalue weighted by Crippen LogP contribution is -2.46. The van der Waals surface area contributed by atoms with Crippen molar-refractivity contribution in [2.75, 3.05) is 33.8 Å². The third-order valence-electron chi connectivity index (χ3n) is 3.41. The molecule has 1 N–H and O–H groups in total. The summed E-state index contributed by atoms with van der Waals surface area (Å²) in [6.45, 7) is 3.24. The van der Waals surface area contributed by atoms with E-state index in [2.05, 4.69) is 10.1 Å². The Morgan fingerprint density at radius 2 is 2.00 bits per heavy atom. The summed E-state index contributed by atoms with van der Waals surface area (Å²) in [5, 5.41) is 1.98. The molecule has 18 heavy (non-hydrogen) atoms. The average molecular weight is 278 g/mol. The monoisotopic (exact) mass is 278 g/mol. The molecule has 0 amide bonds. The highest BCUT2D eigenvalue weighted by Crippen LogP contribution is 2.21. The van der Waals surface area contributed by atoms with Gasteiger partial charge in [-0.2, -0.15) is 0 Å². The number of esters is 1. The largest absolute Gasteiger partial charge is 0.468 e. The summed E-state index contributed by atoms with van der Waals surface area (Å²) in [4.78, 5) is 11.3. The van der Waals surface area contributed by atoms with Crippen molar-refractivity contribution in [3.8, 4) is 0 Å². The van der Waals surface area contributed by atoms with E-state index in [0.717, 1.165) is 19.4 Å². The van der Waals surface area contributed by atoms with Gasteiger partial charge in [0.2, 0.25) is 10.0 Å². The van der Waals surface area contributed by atoms with Crippen LogP contribution in [0.3, 0.4) is 0 Å². The molecule has 0 radical (unpaired) electrons. The smallest absolute Gasteiger partial charge is 0.325 e. The fourth-order valence-electron chi connectivity index (χ4n) is 2.17. The van der Waals surface area contributed by atoms with Crippen molar-refractivity contribution in [3.63, 3.8) is 0 Å². The Hall–Kier alpha value is -0.660. The van der Waals surface area contributed by atoms with Crippen molar-refractivity contribution < 1.29 is 17.9 Å². The first-order valence-electron chi connectivity index (χ1n) is 6.14. The Kier molecular flexibility index (Phi) is 5.55. The summed E-state index contributed by atoms with van der Waals surface area (Å²) in [6.07, 6.45) is 1.65. The third kappa shape index (κ3) is 3.43. The normalized spacial score (nSPS) is 20.6. The van der Waals surface area contributed by atoms with Gasteiger partial charge in [-0.05, 0) is 39.3 Å².